The van der Waals surface area contributed by atoms with Crippen molar-refractivity contribution >= 4 is 38.9 Å². The molecule has 1 amide bonds. The summed E-state index contributed by atoms with van der Waals surface area (Å²) < 4.78 is 30.5. The number of nitrogens with zero attached hydrogens (tertiary/aromatic N) is 2. The number of hydrogen-bond acceptors (Lipinski definition) is 6. The molecular weight excluding hydrogens is 442 g/mol. The van der Waals surface area contributed by atoms with E-state index < -0.39 is 15.8 Å². The van der Waals surface area contributed by atoms with Crippen LogP contribution < -0.4 is 5.32 Å². The van der Waals surface area contributed by atoms with Crippen LogP contribution >= 0.6 is 11.6 Å². The lowest BCUT2D eigenvalue weighted by molar-refractivity contribution is -0.119. The molecule has 2 aromatic rings. The Kier molecular flexibility index (Phi) is 7.51. The molecule has 2 atom stereocenters. The van der Waals surface area contributed by atoms with Gasteiger partial charge in [-0.1, -0.05) is 17.7 Å². The predicted octanol–water partition coefficient (Wildman–Crippen LogP) is 3.07. The number of anilines is 1. The maximum absolute atomic E-state index is 13.2. The van der Waals surface area contributed by atoms with Crippen molar-refractivity contribution in [2.45, 2.75) is 43.0 Å². The maximum atomic E-state index is 13.2. The van der Waals surface area contributed by atoms with Gasteiger partial charge in [-0.15, -0.1) is 0 Å². The van der Waals surface area contributed by atoms with E-state index in [0.29, 0.717) is 43.8 Å². The number of hydrogen-bond donors (Lipinski definition) is 1. The number of amides is 1. The quantitative estimate of drug-likeness (QED) is 0.607. The van der Waals surface area contributed by atoms with Gasteiger partial charge in [0.1, 0.15) is 5.78 Å². The fraction of sp³-hybridized carbons (Fsp3) is 0.476. The summed E-state index contributed by atoms with van der Waals surface area (Å²) in [5.41, 5.74) is 0.605. The second-order valence-corrected chi connectivity index (χ2v) is 10.2. The number of Topliss-reactive ketones (excluding diaryl/α,β-unsaturated/α-hetero) is 1. The van der Waals surface area contributed by atoms with E-state index in [1.54, 1.807) is 30.1 Å². The molecule has 1 aliphatic carbocycles. The first-order chi connectivity index (χ1) is 14.7. The highest BCUT2D eigenvalue weighted by atomic mass is 35.5. The van der Waals surface area contributed by atoms with Crippen LogP contribution in [0, 0.1) is 5.92 Å². The molecule has 1 saturated carbocycles. The first-order valence-electron chi connectivity index (χ1n) is 10.0. The molecule has 0 saturated heterocycles. The Morgan fingerprint density at radius 2 is 2.16 bits per heavy atom. The molecule has 1 N–H and O–H groups in total. The number of benzene rings is 1. The third kappa shape index (κ3) is 6.15. The molecule has 10 heteroatoms. The molecule has 1 aromatic carbocycles. The van der Waals surface area contributed by atoms with Crippen molar-refractivity contribution < 1.29 is 22.7 Å². The minimum atomic E-state index is -3.48. The van der Waals surface area contributed by atoms with Crippen LogP contribution in [-0.4, -0.2) is 49.9 Å². The number of halogens is 1. The molecule has 1 aliphatic rings. The summed E-state index contributed by atoms with van der Waals surface area (Å²) in [5.74, 6) is -0.166. The number of ether oxygens (including phenoxy) is 1. The molecule has 8 nitrogen and oxygen atoms in total. The largest absolute Gasteiger partial charge is 0.383 e. The van der Waals surface area contributed by atoms with Crippen LogP contribution in [0.25, 0.3) is 0 Å². The van der Waals surface area contributed by atoms with Gasteiger partial charge in [0.05, 0.1) is 29.0 Å². The summed E-state index contributed by atoms with van der Waals surface area (Å²) in [6, 6.07) is 6.26. The Bertz CT molecular complexity index is 1070. The van der Waals surface area contributed by atoms with Crippen LogP contribution in [-0.2, 0) is 30.7 Å². The molecule has 0 spiro atoms. The number of aromatic nitrogens is 2. The molecule has 1 heterocycles. The topological polar surface area (TPSA) is 107 Å². The zero-order valence-electron chi connectivity index (χ0n) is 17.5. The number of nitrogens with one attached hydrogen (secondary N) is 1. The van der Waals surface area contributed by atoms with Crippen LogP contribution in [0.5, 0.6) is 0 Å². The van der Waals surface area contributed by atoms with Crippen molar-refractivity contribution in [1.82, 2.24) is 9.78 Å². The van der Waals surface area contributed by atoms with Gasteiger partial charge in [-0.3, -0.25) is 14.3 Å². The van der Waals surface area contributed by atoms with E-state index in [1.807, 2.05) is 0 Å². The van der Waals surface area contributed by atoms with Gasteiger partial charge in [-0.25, -0.2) is 8.42 Å². The van der Waals surface area contributed by atoms with E-state index >= 15 is 0 Å². The number of carbonyl (C=O) groups is 2. The van der Waals surface area contributed by atoms with Crippen LogP contribution in [0.3, 0.4) is 0 Å². The Morgan fingerprint density at radius 3 is 2.77 bits per heavy atom. The van der Waals surface area contributed by atoms with Gasteiger partial charge in [-0.05, 0) is 36.5 Å². The minimum absolute atomic E-state index is 0.0185. The summed E-state index contributed by atoms with van der Waals surface area (Å²) in [7, 11) is -1.88. The molecule has 0 radical (unpaired) electrons. The standard InChI is InChI=1S/C21H26ClN3O5S/c1-30-10-9-25-8-7-20(24-25)23-21(27)17(12-14-3-5-16(26)11-14)15-4-6-19(18(22)13-15)31(2,28)29/h4,6-8,13-14,17H,3,5,9-12H2,1-2H3,(H,23,24,27)/t14-,17+/m0/s1. The van der Waals surface area contributed by atoms with Gasteiger partial charge < -0.3 is 10.1 Å². The Morgan fingerprint density at radius 1 is 1.39 bits per heavy atom. The van der Waals surface area contributed by atoms with Gasteiger partial charge in [0, 0.05) is 38.5 Å². The minimum Gasteiger partial charge on any atom is -0.383 e. The highest BCUT2D eigenvalue weighted by Crippen LogP contribution is 2.35. The SMILES string of the molecule is COCCn1ccc(NC(=O)[C@H](C[C@H]2CCC(=O)C2)c2ccc(S(C)(=O)=O)c(Cl)c2)n1. The van der Waals surface area contributed by atoms with Crippen molar-refractivity contribution in [2.24, 2.45) is 5.92 Å². The number of ketones is 1. The second-order valence-electron chi connectivity index (χ2n) is 7.84. The van der Waals surface area contributed by atoms with Crippen molar-refractivity contribution in [3.8, 4) is 0 Å². The molecule has 3 rings (SSSR count). The zero-order valence-corrected chi connectivity index (χ0v) is 19.1. The summed E-state index contributed by atoms with van der Waals surface area (Å²) in [4.78, 5) is 24.9. The highest BCUT2D eigenvalue weighted by Gasteiger charge is 2.30. The lowest BCUT2D eigenvalue weighted by Gasteiger charge is -2.20. The van der Waals surface area contributed by atoms with Crippen molar-refractivity contribution in [2.75, 3.05) is 25.3 Å². The highest BCUT2D eigenvalue weighted by molar-refractivity contribution is 7.90. The number of carbonyl (C=O) groups excluding carboxylic acids is 2. The van der Waals surface area contributed by atoms with E-state index in [2.05, 4.69) is 10.4 Å². The number of methoxy groups -OCH3 is 1. The van der Waals surface area contributed by atoms with Gasteiger partial charge in [0.15, 0.2) is 15.7 Å². The van der Waals surface area contributed by atoms with Gasteiger partial charge >= 0.3 is 0 Å². The lowest BCUT2D eigenvalue weighted by atomic mass is 9.87. The summed E-state index contributed by atoms with van der Waals surface area (Å²) in [6.07, 6.45) is 5.01. The normalized spacial score (nSPS) is 17.6. The molecule has 31 heavy (non-hydrogen) atoms. The Balaban J connectivity index is 1.83. The number of rotatable bonds is 9. The van der Waals surface area contributed by atoms with Crippen LogP contribution in [0.15, 0.2) is 35.4 Å². The van der Waals surface area contributed by atoms with Gasteiger partial charge in [-0.2, -0.15) is 5.10 Å². The fourth-order valence-corrected chi connectivity index (χ4v) is 5.14. The smallest absolute Gasteiger partial charge is 0.233 e. The third-order valence-electron chi connectivity index (χ3n) is 5.41. The number of sulfone groups is 1. The third-order valence-corrected chi connectivity index (χ3v) is 6.99. The van der Waals surface area contributed by atoms with Gasteiger partial charge in [0.2, 0.25) is 5.91 Å². The molecule has 0 aliphatic heterocycles. The molecule has 0 unspecified atom stereocenters. The molecule has 1 aromatic heterocycles. The van der Waals surface area contributed by atoms with Crippen molar-refractivity contribution in [1.29, 1.82) is 0 Å². The average molecular weight is 468 g/mol. The second kappa shape index (κ2) is 9.93. The zero-order chi connectivity index (χ0) is 22.6. The summed E-state index contributed by atoms with van der Waals surface area (Å²) >= 11 is 6.22. The Hall–Kier alpha value is -2.23. The van der Waals surface area contributed by atoms with Crippen LogP contribution in [0.1, 0.15) is 37.2 Å². The molecule has 1 fully saturated rings. The molecule has 168 valence electrons. The first kappa shape index (κ1) is 23.4. The molecule has 0 bridgehead atoms. The fourth-order valence-electron chi connectivity index (χ4n) is 3.81. The van der Waals surface area contributed by atoms with Gasteiger partial charge in [0.25, 0.3) is 0 Å². The molecular formula is C21H26ClN3O5S. The maximum Gasteiger partial charge on any atom is 0.233 e. The Labute approximate surface area is 186 Å². The predicted molar refractivity (Wildman–Crippen MR) is 117 cm³/mol. The van der Waals surface area contributed by atoms with Crippen molar-refractivity contribution in [3.63, 3.8) is 0 Å². The van der Waals surface area contributed by atoms with Crippen molar-refractivity contribution in [3.05, 3.63) is 41.0 Å². The monoisotopic (exact) mass is 467 g/mol. The van der Waals surface area contributed by atoms with E-state index in [0.717, 1.165) is 12.7 Å². The lowest BCUT2D eigenvalue weighted by Crippen LogP contribution is -2.24. The van der Waals surface area contributed by atoms with E-state index in [1.165, 1.54) is 12.1 Å². The first-order valence-corrected chi connectivity index (χ1v) is 12.3. The van der Waals surface area contributed by atoms with Crippen LogP contribution in [0.2, 0.25) is 5.02 Å². The summed E-state index contributed by atoms with van der Waals surface area (Å²) in [6.45, 7) is 1.06. The average Bonchev–Trinajstić information content (AvgIpc) is 3.31. The van der Waals surface area contributed by atoms with E-state index in [9.17, 15) is 18.0 Å². The summed E-state index contributed by atoms with van der Waals surface area (Å²) in [5, 5.41) is 7.22. The van der Waals surface area contributed by atoms with E-state index in [-0.39, 0.29) is 27.5 Å². The van der Waals surface area contributed by atoms with Crippen LogP contribution in [0.4, 0.5) is 5.82 Å². The van der Waals surface area contributed by atoms with E-state index in [4.69, 9.17) is 16.3 Å².